The van der Waals surface area contributed by atoms with Crippen LogP contribution in [0.3, 0.4) is 0 Å². The predicted octanol–water partition coefficient (Wildman–Crippen LogP) is 3.24. The highest BCUT2D eigenvalue weighted by molar-refractivity contribution is 7.13. The van der Waals surface area contributed by atoms with Crippen LogP contribution in [0, 0.1) is 0 Å². The number of benzene rings is 1. The van der Waals surface area contributed by atoms with Crippen molar-refractivity contribution in [2.45, 2.75) is 6.54 Å². The molecule has 0 fully saturated rings. The van der Waals surface area contributed by atoms with Crippen LogP contribution in [-0.2, 0) is 6.54 Å². The van der Waals surface area contributed by atoms with Crippen LogP contribution in [0.2, 0.25) is 0 Å². The highest BCUT2D eigenvalue weighted by atomic mass is 32.1. The van der Waals surface area contributed by atoms with Crippen molar-refractivity contribution >= 4 is 27.4 Å². The van der Waals surface area contributed by atoms with Crippen molar-refractivity contribution in [1.82, 2.24) is 9.97 Å². The van der Waals surface area contributed by atoms with Crippen LogP contribution in [0.15, 0.2) is 42.0 Å². The summed E-state index contributed by atoms with van der Waals surface area (Å²) in [5.41, 5.74) is 2.45. The lowest BCUT2D eigenvalue weighted by atomic mass is 10.2. The number of nitrogens with zero attached hydrogens (tertiary/aromatic N) is 1. The summed E-state index contributed by atoms with van der Waals surface area (Å²) in [5, 5.41) is 7.51. The number of thiazole rings is 1. The van der Waals surface area contributed by atoms with Crippen LogP contribution >= 0.6 is 11.3 Å². The Hall–Kier alpha value is -1.81. The van der Waals surface area contributed by atoms with Gasteiger partial charge in [-0.05, 0) is 11.6 Å². The zero-order chi connectivity index (χ0) is 10.8. The molecule has 3 aromatic rings. The van der Waals surface area contributed by atoms with Gasteiger partial charge in [-0.25, -0.2) is 4.98 Å². The van der Waals surface area contributed by atoms with Gasteiger partial charge in [-0.1, -0.05) is 18.2 Å². The number of aromatic nitrogens is 2. The molecule has 2 aromatic heterocycles. The van der Waals surface area contributed by atoms with Gasteiger partial charge in [-0.15, -0.1) is 11.3 Å². The molecule has 3 rings (SSSR count). The monoisotopic (exact) mass is 229 g/mol. The highest BCUT2D eigenvalue weighted by Gasteiger charge is 2.02. The summed E-state index contributed by atoms with van der Waals surface area (Å²) in [7, 11) is 0. The number of rotatable bonds is 3. The lowest BCUT2D eigenvalue weighted by Gasteiger charge is -2.00. The van der Waals surface area contributed by atoms with Gasteiger partial charge in [-0.3, -0.25) is 0 Å². The van der Waals surface area contributed by atoms with Gasteiger partial charge < -0.3 is 10.3 Å². The molecule has 0 atom stereocenters. The summed E-state index contributed by atoms with van der Waals surface area (Å²) >= 11 is 1.62. The smallest absolute Gasteiger partial charge is 0.182 e. The van der Waals surface area contributed by atoms with Gasteiger partial charge in [-0.2, -0.15) is 0 Å². The van der Waals surface area contributed by atoms with Gasteiger partial charge >= 0.3 is 0 Å². The predicted molar refractivity (Wildman–Crippen MR) is 67.7 cm³/mol. The number of H-pyrrole nitrogens is 1. The first-order valence-corrected chi connectivity index (χ1v) is 6.00. The van der Waals surface area contributed by atoms with Gasteiger partial charge in [0.2, 0.25) is 0 Å². The fraction of sp³-hybridized carbons (Fsp3) is 0.0833. The van der Waals surface area contributed by atoms with E-state index < -0.39 is 0 Å². The molecule has 3 nitrogen and oxygen atoms in total. The Labute approximate surface area is 97.2 Å². The first kappa shape index (κ1) is 9.42. The summed E-state index contributed by atoms with van der Waals surface area (Å²) in [6.45, 7) is 0.803. The standard InChI is InChI=1S/C12H11N3S/c1-2-4-11-10(3-1)9(7-14-11)8-15-12-13-5-6-16-12/h1-7,14H,8H2,(H,13,15). The number of fused-ring (bicyclic) bond motifs is 1. The Morgan fingerprint density at radius 2 is 2.25 bits per heavy atom. The number of nitrogens with one attached hydrogen (secondary N) is 2. The van der Waals surface area contributed by atoms with Gasteiger partial charge in [0.25, 0.3) is 0 Å². The molecule has 80 valence electrons. The quantitative estimate of drug-likeness (QED) is 0.724. The molecular weight excluding hydrogens is 218 g/mol. The van der Waals surface area contributed by atoms with Crippen LogP contribution in [0.5, 0.6) is 0 Å². The summed E-state index contributed by atoms with van der Waals surface area (Å²) in [4.78, 5) is 7.45. The van der Waals surface area contributed by atoms with Gasteiger partial charge in [0.1, 0.15) is 0 Å². The molecule has 0 unspecified atom stereocenters. The minimum Gasteiger partial charge on any atom is -0.361 e. The maximum Gasteiger partial charge on any atom is 0.182 e. The van der Waals surface area contributed by atoms with E-state index in [1.807, 2.05) is 23.8 Å². The van der Waals surface area contributed by atoms with E-state index in [4.69, 9.17) is 0 Å². The van der Waals surface area contributed by atoms with Gasteiger partial charge in [0.15, 0.2) is 5.13 Å². The topological polar surface area (TPSA) is 40.7 Å². The van der Waals surface area contributed by atoms with E-state index in [9.17, 15) is 0 Å². The minimum absolute atomic E-state index is 0.803. The second kappa shape index (κ2) is 3.98. The van der Waals surface area contributed by atoms with Crippen LogP contribution in [0.4, 0.5) is 5.13 Å². The van der Waals surface area contributed by atoms with Crippen molar-refractivity contribution < 1.29 is 0 Å². The lowest BCUT2D eigenvalue weighted by Crippen LogP contribution is -1.97. The molecule has 0 amide bonds. The zero-order valence-electron chi connectivity index (χ0n) is 8.60. The van der Waals surface area contributed by atoms with Crippen molar-refractivity contribution in [3.63, 3.8) is 0 Å². The number of hydrogen-bond acceptors (Lipinski definition) is 3. The molecule has 4 heteroatoms. The molecule has 0 bridgehead atoms. The Morgan fingerprint density at radius 3 is 3.12 bits per heavy atom. The van der Waals surface area contributed by atoms with E-state index in [0.717, 1.165) is 11.7 Å². The average Bonchev–Trinajstić information content (AvgIpc) is 2.96. The molecule has 2 heterocycles. The van der Waals surface area contributed by atoms with E-state index in [2.05, 4.69) is 33.5 Å². The molecule has 0 aliphatic carbocycles. The summed E-state index contributed by atoms with van der Waals surface area (Å²) in [6.07, 6.45) is 3.85. The van der Waals surface area contributed by atoms with Crippen molar-refractivity contribution in [3.05, 3.63) is 47.6 Å². The molecule has 2 N–H and O–H groups in total. The van der Waals surface area contributed by atoms with Crippen LogP contribution < -0.4 is 5.32 Å². The third kappa shape index (κ3) is 1.67. The third-order valence-corrected chi connectivity index (χ3v) is 3.27. The molecule has 1 aromatic carbocycles. The largest absolute Gasteiger partial charge is 0.361 e. The van der Waals surface area contributed by atoms with Gasteiger partial charge in [0.05, 0.1) is 0 Å². The molecule has 0 saturated carbocycles. The molecule has 0 spiro atoms. The molecule has 16 heavy (non-hydrogen) atoms. The number of anilines is 1. The number of para-hydroxylation sites is 1. The number of hydrogen-bond donors (Lipinski definition) is 2. The Kier molecular flexibility index (Phi) is 2.34. The van der Waals surface area contributed by atoms with E-state index in [1.165, 1.54) is 16.5 Å². The van der Waals surface area contributed by atoms with E-state index in [1.54, 1.807) is 11.3 Å². The zero-order valence-corrected chi connectivity index (χ0v) is 9.42. The first-order chi connectivity index (χ1) is 7.93. The fourth-order valence-corrected chi connectivity index (χ4v) is 2.29. The molecule has 0 radical (unpaired) electrons. The summed E-state index contributed by atoms with van der Waals surface area (Å²) in [6, 6.07) is 8.31. The van der Waals surface area contributed by atoms with Crippen molar-refractivity contribution in [1.29, 1.82) is 0 Å². The number of aromatic amines is 1. The molecular formula is C12H11N3S. The highest BCUT2D eigenvalue weighted by Crippen LogP contribution is 2.19. The minimum atomic E-state index is 0.803. The van der Waals surface area contributed by atoms with E-state index in [-0.39, 0.29) is 0 Å². The Bertz CT molecular complexity index is 583. The second-order valence-corrected chi connectivity index (χ2v) is 4.44. The Morgan fingerprint density at radius 1 is 1.31 bits per heavy atom. The van der Waals surface area contributed by atoms with E-state index in [0.29, 0.717) is 0 Å². The molecule has 0 aliphatic heterocycles. The van der Waals surface area contributed by atoms with Crippen molar-refractivity contribution in [2.24, 2.45) is 0 Å². The van der Waals surface area contributed by atoms with Crippen LogP contribution in [0.1, 0.15) is 5.56 Å². The third-order valence-electron chi connectivity index (χ3n) is 2.54. The molecule has 0 aliphatic rings. The maximum absolute atomic E-state index is 4.19. The Balaban J connectivity index is 1.84. The normalized spacial score (nSPS) is 10.8. The summed E-state index contributed by atoms with van der Waals surface area (Å²) in [5.74, 6) is 0. The van der Waals surface area contributed by atoms with Crippen molar-refractivity contribution in [2.75, 3.05) is 5.32 Å². The van der Waals surface area contributed by atoms with Gasteiger partial charge in [0, 0.05) is 35.2 Å². The summed E-state index contributed by atoms with van der Waals surface area (Å²) < 4.78 is 0. The SMILES string of the molecule is c1ccc2c(CNc3nccs3)c[nH]c2c1. The average molecular weight is 229 g/mol. The molecule has 0 saturated heterocycles. The van der Waals surface area contributed by atoms with Crippen molar-refractivity contribution in [3.8, 4) is 0 Å². The second-order valence-electron chi connectivity index (χ2n) is 3.55. The first-order valence-electron chi connectivity index (χ1n) is 5.12. The van der Waals surface area contributed by atoms with Crippen LogP contribution in [-0.4, -0.2) is 9.97 Å². The lowest BCUT2D eigenvalue weighted by molar-refractivity contribution is 1.15. The van der Waals surface area contributed by atoms with Crippen LogP contribution in [0.25, 0.3) is 10.9 Å². The van der Waals surface area contributed by atoms with E-state index >= 15 is 0 Å². The fourth-order valence-electron chi connectivity index (χ4n) is 1.76. The maximum atomic E-state index is 4.19.